The number of aromatic nitrogens is 1. The fraction of sp³-hybridized carbons (Fsp3) is 0.643. The third-order valence-electron chi connectivity index (χ3n) is 2.44. The minimum Gasteiger partial charge on any atom is -0.330 e. The summed E-state index contributed by atoms with van der Waals surface area (Å²) >= 11 is 1.71. The molecule has 0 amide bonds. The SMILES string of the molecule is CC(C)(C)c1csc(CC#CCCCCN)n1. The Morgan fingerprint density at radius 2 is 2.06 bits per heavy atom. The molecule has 0 fully saturated rings. The first-order valence-corrected chi connectivity index (χ1v) is 7.02. The lowest BCUT2D eigenvalue weighted by Crippen LogP contribution is -2.11. The van der Waals surface area contributed by atoms with Gasteiger partial charge in [0.2, 0.25) is 0 Å². The predicted octanol–water partition coefficient (Wildman–Crippen LogP) is 3.12. The van der Waals surface area contributed by atoms with Crippen molar-refractivity contribution in [3.63, 3.8) is 0 Å². The molecule has 0 aliphatic rings. The van der Waals surface area contributed by atoms with Gasteiger partial charge in [-0.25, -0.2) is 4.98 Å². The highest BCUT2D eigenvalue weighted by atomic mass is 32.1. The van der Waals surface area contributed by atoms with E-state index in [0.29, 0.717) is 0 Å². The van der Waals surface area contributed by atoms with Gasteiger partial charge >= 0.3 is 0 Å². The minimum absolute atomic E-state index is 0.142. The molecular formula is C14H22N2S. The topological polar surface area (TPSA) is 38.9 Å². The molecule has 1 heterocycles. The molecule has 2 nitrogen and oxygen atoms in total. The Morgan fingerprint density at radius 3 is 2.65 bits per heavy atom. The highest BCUT2D eigenvalue weighted by Gasteiger charge is 2.16. The average Bonchev–Trinajstić information content (AvgIpc) is 2.71. The number of nitrogens with zero attached hydrogens (tertiary/aromatic N) is 1. The fourth-order valence-corrected chi connectivity index (χ4v) is 2.28. The molecule has 1 aromatic heterocycles. The Balaban J connectivity index is 2.40. The summed E-state index contributed by atoms with van der Waals surface area (Å²) in [6, 6.07) is 0. The van der Waals surface area contributed by atoms with E-state index in [1.54, 1.807) is 11.3 Å². The lowest BCUT2D eigenvalue weighted by atomic mass is 9.93. The zero-order valence-corrected chi connectivity index (χ0v) is 11.9. The first-order chi connectivity index (χ1) is 8.04. The molecule has 0 aromatic carbocycles. The number of unbranched alkanes of at least 4 members (excludes halogenated alkanes) is 2. The van der Waals surface area contributed by atoms with Crippen molar-refractivity contribution in [2.75, 3.05) is 6.54 Å². The van der Waals surface area contributed by atoms with Gasteiger partial charge in [-0.15, -0.1) is 17.3 Å². The third-order valence-corrected chi connectivity index (χ3v) is 3.29. The van der Waals surface area contributed by atoms with Crippen LogP contribution in [0.4, 0.5) is 0 Å². The Labute approximate surface area is 109 Å². The second kappa shape index (κ2) is 6.78. The lowest BCUT2D eigenvalue weighted by Gasteiger charge is -2.14. The van der Waals surface area contributed by atoms with E-state index in [9.17, 15) is 0 Å². The van der Waals surface area contributed by atoms with Crippen LogP contribution in [-0.2, 0) is 11.8 Å². The van der Waals surface area contributed by atoms with Crippen molar-refractivity contribution in [3.05, 3.63) is 16.1 Å². The zero-order chi connectivity index (χ0) is 12.7. The van der Waals surface area contributed by atoms with Crippen molar-refractivity contribution in [2.24, 2.45) is 5.73 Å². The van der Waals surface area contributed by atoms with Crippen LogP contribution in [0, 0.1) is 11.8 Å². The summed E-state index contributed by atoms with van der Waals surface area (Å²) in [5, 5.41) is 3.27. The molecule has 1 aromatic rings. The van der Waals surface area contributed by atoms with Gasteiger partial charge in [-0.2, -0.15) is 0 Å². The van der Waals surface area contributed by atoms with Gasteiger partial charge in [0.05, 0.1) is 12.1 Å². The van der Waals surface area contributed by atoms with Crippen molar-refractivity contribution >= 4 is 11.3 Å². The normalized spacial score (nSPS) is 11.1. The minimum atomic E-state index is 0.142. The Bertz CT molecular complexity index is 390. The molecule has 94 valence electrons. The molecule has 0 aliphatic carbocycles. The lowest BCUT2D eigenvalue weighted by molar-refractivity contribution is 0.571. The molecule has 0 atom stereocenters. The summed E-state index contributed by atoms with van der Waals surface area (Å²) in [5.74, 6) is 6.36. The van der Waals surface area contributed by atoms with Gasteiger partial charge in [0.25, 0.3) is 0 Å². The van der Waals surface area contributed by atoms with E-state index in [4.69, 9.17) is 5.73 Å². The maximum Gasteiger partial charge on any atom is 0.105 e. The molecule has 3 heteroatoms. The standard InChI is InChI=1S/C14H22N2S/c1-14(2,3)12-11-17-13(16-12)9-7-5-4-6-8-10-15/h11H,4,6,8-10,15H2,1-3H3. The van der Waals surface area contributed by atoms with Crippen LogP contribution in [0.25, 0.3) is 0 Å². The van der Waals surface area contributed by atoms with Gasteiger partial charge < -0.3 is 5.73 Å². The summed E-state index contributed by atoms with van der Waals surface area (Å²) in [7, 11) is 0. The van der Waals surface area contributed by atoms with Gasteiger partial charge in [0, 0.05) is 17.2 Å². The van der Waals surface area contributed by atoms with E-state index < -0.39 is 0 Å². The first-order valence-electron chi connectivity index (χ1n) is 6.14. The van der Waals surface area contributed by atoms with E-state index >= 15 is 0 Å². The van der Waals surface area contributed by atoms with Crippen LogP contribution in [0.2, 0.25) is 0 Å². The molecule has 1 rings (SSSR count). The summed E-state index contributed by atoms with van der Waals surface area (Å²) in [5.41, 5.74) is 6.73. The highest BCUT2D eigenvalue weighted by molar-refractivity contribution is 7.09. The van der Waals surface area contributed by atoms with Crippen LogP contribution in [0.5, 0.6) is 0 Å². The summed E-state index contributed by atoms with van der Waals surface area (Å²) in [4.78, 5) is 4.61. The van der Waals surface area contributed by atoms with Gasteiger partial charge in [0.15, 0.2) is 0 Å². The summed E-state index contributed by atoms with van der Waals surface area (Å²) < 4.78 is 0. The third kappa shape index (κ3) is 5.34. The van der Waals surface area contributed by atoms with Crippen molar-refractivity contribution in [3.8, 4) is 11.8 Å². The molecule has 0 bridgehead atoms. The van der Waals surface area contributed by atoms with Crippen LogP contribution in [0.15, 0.2) is 5.38 Å². The van der Waals surface area contributed by atoms with E-state index in [1.807, 2.05) is 0 Å². The molecule has 0 saturated carbocycles. The van der Waals surface area contributed by atoms with Gasteiger partial charge in [0.1, 0.15) is 5.01 Å². The van der Waals surface area contributed by atoms with Gasteiger partial charge in [-0.1, -0.05) is 26.7 Å². The van der Waals surface area contributed by atoms with Gasteiger partial charge in [-0.3, -0.25) is 0 Å². The van der Waals surface area contributed by atoms with E-state index in [2.05, 4.69) is 43.0 Å². The number of hydrogen-bond acceptors (Lipinski definition) is 3. The summed E-state index contributed by atoms with van der Waals surface area (Å²) in [6.07, 6.45) is 3.91. The maximum atomic E-state index is 5.42. The van der Waals surface area contributed by atoms with Crippen LogP contribution in [-0.4, -0.2) is 11.5 Å². The fourth-order valence-electron chi connectivity index (χ4n) is 1.32. The molecule has 17 heavy (non-hydrogen) atoms. The van der Waals surface area contributed by atoms with Crippen molar-refractivity contribution < 1.29 is 0 Å². The monoisotopic (exact) mass is 250 g/mol. The first kappa shape index (κ1) is 14.2. The molecule has 0 saturated heterocycles. The number of hydrogen-bond donors (Lipinski definition) is 1. The molecule has 0 radical (unpaired) electrons. The molecule has 0 spiro atoms. The Hall–Kier alpha value is -0.850. The number of nitrogens with two attached hydrogens (primary N) is 1. The largest absolute Gasteiger partial charge is 0.330 e. The maximum absolute atomic E-state index is 5.42. The smallest absolute Gasteiger partial charge is 0.105 e. The second-order valence-corrected chi connectivity index (χ2v) is 6.10. The van der Waals surface area contributed by atoms with Crippen molar-refractivity contribution in [1.29, 1.82) is 0 Å². The second-order valence-electron chi connectivity index (χ2n) is 5.15. The molecule has 0 unspecified atom stereocenters. The van der Waals surface area contributed by atoms with Gasteiger partial charge in [-0.05, 0) is 19.4 Å². The van der Waals surface area contributed by atoms with Crippen LogP contribution < -0.4 is 5.73 Å². The average molecular weight is 250 g/mol. The molecular weight excluding hydrogens is 228 g/mol. The Kier molecular flexibility index (Phi) is 5.67. The van der Waals surface area contributed by atoms with E-state index in [-0.39, 0.29) is 5.41 Å². The zero-order valence-electron chi connectivity index (χ0n) is 11.0. The van der Waals surface area contributed by atoms with Crippen molar-refractivity contribution in [1.82, 2.24) is 4.98 Å². The highest BCUT2D eigenvalue weighted by Crippen LogP contribution is 2.23. The van der Waals surface area contributed by atoms with Crippen molar-refractivity contribution in [2.45, 2.75) is 51.9 Å². The van der Waals surface area contributed by atoms with Crippen LogP contribution in [0.1, 0.15) is 50.7 Å². The van der Waals surface area contributed by atoms with Crippen LogP contribution in [0.3, 0.4) is 0 Å². The number of rotatable bonds is 4. The van der Waals surface area contributed by atoms with Crippen LogP contribution >= 0.6 is 11.3 Å². The van der Waals surface area contributed by atoms with E-state index in [1.165, 1.54) is 5.69 Å². The Morgan fingerprint density at radius 1 is 1.29 bits per heavy atom. The molecule has 2 N–H and O–H groups in total. The quantitative estimate of drug-likeness (QED) is 0.658. The predicted molar refractivity (Wildman–Crippen MR) is 75.2 cm³/mol. The van der Waals surface area contributed by atoms with E-state index in [0.717, 1.165) is 37.2 Å². The summed E-state index contributed by atoms with van der Waals surface area (Å²) in [6.45, 7) is 7.32. The number of thiazole rings is 1. The molecule has 0 aliphatic heterocycles.